The average Bonchev–Trinajstić information content (AvgIpc) is 3.65. The first kappa shape index (κ1) is 26.2. The summed E-state index contributed by atoms with van der Waals surface area (Å²) in [5.74, 6) is -1.50. The van der Waals surface area contributed by atoms with Gasteiger partial charge in [0.15, 0.2) is 11.6 Å². The lowest BCUT2D eigenvalue weighted by atomic mass is 9.91. The van der Waals surface area contributed by atoms with Crippen molar-refractivity contribution in [3.63, 3.8) is 0 Å². The van der Waals surface area contributed by atoms with E-state index in [9.17, 15) is 23.6 Å². The number of carbonyl (C=O) groups excluding carboxylic acids is 4. The van der Waals surface area contributed by atoms with Gasteiger partial charge in [0.2, 0.25) is 5.91 Å². The van der Waals surface area contributed by atoms with E-state index < -0.39 is 17.9 Å². The fourth-order valence-electron chi connectivity index (χ4n) is 6.50. The van der Waals surface area contributed by atoms with Crippen LogP contribution in [0.2, 0.25) is 10.0 Å². The molecule has 0 spiro atoms. The second-order valence-electron chi connectivity index (χ2n) is 10.6. The summed E-state index contributed by atoms with van der Waals surface area (Å²) in [5, 5.41) is 2.93. The smallest absolute Gasteiger partial charge is 0.271 e. The summed E-state index contributed by atoms with van der Waals surface area (Å²) in [6, 6.07) is 1.38. The predicted octanol–water partition coefficient (Wildman–Crippen LogP) is 5.08. The SMILES string of the molecule is CCC(=O)[C@H](C[C@@H]1CCCC1=O)NC(=O)[C@@H]1[C@H]2CCC[C@H]2CN1C(=O)c1cc2c(Cl)c(F)c(Cl)cc2[nH]1. The lowest BCUT2D eigenvalue weighted by molar-refractivity contribution is -0.131. The lowest BCUT2D eigenvalue weighted by Gasteiger charge is -2.29. The van der Waals surface area contributed by atoms with Crippen molar-refractivity contribution in [2.24, 2.45) is 17.8 Å². The predicted molar refractivity (Wildman–Crippen MR) is 138 cm³/mol. The molecule has 1 aromatic carbocycles. The summed E-state index contributed by atoms with van der Waals surface area (Å²) < 4.78 is 14.2. The molecule has 3 fully saturated rings. The standard InChI is InChI=1S/C27H30Cl2FN3O4/c1-2-21(34)19(9-13-5-4-8-22(13)35)32-26(36)25-15-7-3-6-14(15)12-33(25)27(37)20-10-16-18(31-20)11-17(28)24(30)23(16)29/h10-11,13-15,19,25,31H,2-9,12H2,1H3,(H,32,36)/t13-,14-,15-,19-,25-/m0/s1. The third-order valence-electron chi connectivity index (χ3n) is 8.41. The number of aromatic amines is 1. The summed E-state index contributed by atoms with van der Waals surface area (Å²) in [4.78, 5) is 56.9. The van der Waals surface area contributed by atoms with Crippen molar-refractivity contribution in [1.29, 1.82) is 0 Å². The zero-order valence-electron chi connectivity index (χ0n) is 20.6. The number of amides is 2. The number of hydrogen-bond donors (Lipinski definition) is 2. The summed E-state index contributed by atoms with van der Waals surface area (Å²) >= 11 is 12.0. The number of Topliss-reactive ketones (excluding diaryl/α,β-unsaturated/α-hetero) is 2. The zero-order valence-corrected chi connectivity index (χ0v) is 22.1. The van der Waals surface area contributed by atoms with Gasteiger partial charge in [0.1, 0.15) is 17.5 Å². The Morgan fingerprint density at radius 2 is 1.97 bits per heavy atom. The normalized spacial score (nSPS) is 26.1. The first-order chi connectivity index (χ1) is 17.7. The second kappa shape index (κ2) is 10.4. The number of aromatic nitrogens is 1. The van der Waals surface area contributed by atoms with Gasteiger partial charge in [0, 0.05) is 36.2 Å². The van der Waals surface area contributed by atoms with Gasteiger partial charge in [0.05, 0.1) is 16.1 Å². The highest BCUT2D eigenvalue weighted by Crippen LogP contribution is 2.43. The van der Waals surface area contributed by atoms with Crippen molar-refractivity contribution in [3.8, 4) is 0 Å². The molecule has 10 heteroatoms. The van der Waals surface area contributed by atoms with Crippen LogP contribution in [0.25, 0.3) is 10.9 Å². The minimum atomic E-state index is -0.755. The van der Waals surface area contributed by atoms with E-state index in [1.807, 2.05) is 0 Å². The van der Waals surface area contributed by atoms with E-state index in [0.717, 1.165) is 32.1 Å². The van der Waals surface area contributed by atoms with Gasteiger partial charge < -0.3 is 15.2 Å². The topological polar surface area (TPSA) is 99.3 Å². The highest BCUT2D eigenvalue weighted by molar-refractivity contribution is 6.39. The van der Waals surface area contributed by atoms with Crippen LogP contribution >= 0.6 is 23.2 Å². The Kier molecular flexibility index (Phi) is 7.33. The fraction of sp³-hybridized carbons (Fsp3) is 0.556. The number of likely N-dealkylation sites (tertiary alicyclic amines) is 1. The number of nitrogens with zero attached hydrogens (tertiary/aromatic N) is 1. The van der Waals surface area contributed by atoms with Crippen molar-refractivity contribution >= 4 is 57.5 Å². The number of nitrogens with one attached hydrogen (secondary N) is 2. The first-order valence-corrected chi connectivity index (χ1v) is 13.8. The maximum atomic E-state index is 14.2. The summed E-state index contributed by atoms with van der Waals surface area (Å²) in [7, 11) is 0. The average molecular weight is 550 g/mol. The molecule has 5 atom stereocenters. The van der Waals surface area contributed by atoms with Gasteiger partial charge in [-0.3, -0.25) is 19.2 Å². The van der Waals surface area contributed by atoms with Gasteiger partial charge in [-0.15, -0.1) is 0 Å². The molecule has 198 valence electrons. The van der Waals surface area contributed by atoms with E-state index in [0.29, 0.717) is 30.3 Å². The van der Waals surface area contributed by atoms with E-state index in [1.165, 1.54) is 12.1 Å². The number of rotatable bonds is 7. The molecular weight excluding hydrogens is 520 g/mol. The maximum absolute atomic E-state index is 14.2. The van der Waals surface area contributed by atoms with Gasteiger partial charge in [-0.2, -0.15) is 0 Å². The van der Waals surface area contributed by atoms with E-state index in [1.54, 1.807) is 11.8 Å². The first-order valence-electron chi connectivity index (χ1n) is 13.0. The Labute approximate surface area is 224 Å². The molecule has 2 saturated carbocycles. The van der Waals surface area contributed by atoms with Crippen molar-refractivity contribution in [2.75, 3.05) is 6.54 Å². The quantitative estimate of drug-likeness (QED) is 0.470. The van der Waals surface area contributed by atoms with Crippen molar-refractivity contribution in [1.82, 2.24) is 15.2 Å². The van der Waals surface area contributed by atoms with E-state index in [2.05, 4.69) is 10.3 Å². The fourth-order valence-corrected chi connectivity index (χ4v) is 7.01. The molecule has 3 aliphatic rings. The minimum Gasteiger partial charge on any atom is -0.350 e. The molecule has 2 heterocycles. The second-order valence-corrected chi connectivity index (χ2v) is 11.3. The van der Waals surface area contributed by atoms with E-state index >= 15 is 0 Å². The molecule has 0 radical (unpaired) electrons. The molecule has 2 aromatic rings. The zero-order chi connectivity index (χ0) is 26.4. The van der Waals surface area contributed by atoms with Gasteiger partial charge in [0.25, 0.3) is 5.91 Å². The molecule has 5 rings (SSSR count). The number of benzene rings is 1. The highest BCUT2D eigenvalue weighted by Gasteiger charge is 2.50. The van der Waals surface area contributed by atoms with Crippen LogP contribution in [0.4, 0.5) is 4.39 Å². The van der Waals surface area contributed by atoms with Gasteiger partial charge in [-0.25, -0.2) is 4.39 Å². The van der Waals surface area contributed by atoms with Gasteiger partial charge in [-0.1, -0.05) is 36.5 Å². The van der Waals surface area contributed by atoms with Crippen LogP contribution in [0, 0.1) is 23.6 Å². The number of halogens is 3. The number of H-pyrrole nitrogens is 1. The molecular formula is C27H30Cl2FN3O4. The number of carbonyl (C=O) groups is 4. The number of fused-ring (bicyclic) bond motifs is 2. The van der Waals surface area contributed by atoms with E-state index in [-0.39, 0.29) is 63.3 Å². The summed E-state index contributed by atoms with van der Waals surface area (Å²) in [6.07, 6.45) is 5.33. The summed E-state index contributed by atoms with van der Waals surface area (Å²) in [6.45, 7) is 2.17. The lowest BCUT2D eigenvalue weighted by Crippen LogP contribution is -2.53. The molecule has 2 N–H and O–H groups in total. The van der Waals surface area contributed by atoms with Crippen LogP contribution in [0.5, 0.6) is 0 Å². The van der Waals surface area contributed by atoms with Crippen molar-refractivity contribution in [3.05, 3.63) is 33.7 Å². The van der Waals surface area contributed by atoms with Crippen LogP contribution in [0.3, 0.4) is 0 Å². The number of ketones is 2. The third kappa shape index (κ3) is 4.78. The Morgan fingerprint density at radius 3 is 2.68 bits per heavy atom. The Hall–Kier alpha value is -2.45. The molecule has 0 unspecified atom stereocenters. The molecule has 1 aliphatic heterocycles. The maximum Gasteiger partial charge on any atom is 0.271 e. The largest absolute Gasteiger partial charge is 0.350 e. The highest BCUT2D eigenvalue weighted by atomic mass is 35.5. The molecule has 2 aliphatic carbocycles. The molecule has 37 heavy (non-hydrogen) atoms. The van der Waals surface area contributed by atoms with E-state index in [4.69, 9.17) is 23.2 Å². The Bertz CT molecular complexity index is 1280. The van der Waals surface area contributed by atoms with Crippen LogP contribution in [-0.4, -0.2) is 51.9 Å². The monoisotopic (exact) mass is 549 g/mol. The molecule has 7 nitrogen and oxygen atoms in total. The van der Waals surface area contributed by atoms with Gasteiger partial charge in [-0.05, 0) is 56.1 Å². The molecule has 1 aromatic heterocycles. The minimum absolute atomic E-state index is 0.00528. The molecule has 0 bridgehead atoms. The van der Waals surface area contributed by atoms with Crippen molar-refractivity contribution < 1.29 is 23.6 Å². The molecule has 1 saturated heterocycles. The van der Waals surface area contributed by atoms with Crippen LogP contribution in [0.1, 0.15) is 68.8 Å². The summed E-state index contributed by atoms with van der Waals surface area (Å²) in [5.41, 5.74) is 0.615. The number of hydrogen-bond acceptors (Lipinski definition) is 4. The Balaban J connectivity index is 1.41. The third-order valence-corrected chi connectivity index (χ3v) is 9.06. The van der Waals surface area contributed by atoms with Crippen LogP contribution in [-0.2, 0) is 14.4 Å². The van der Waals surface area contributed by atoms with Gasteiger partial charge >= 0.3 is 0 Å². The molecule has 2 amide bonds. The Morgan fingerprint density at radius 1 is 1.19 bits per heavy atom. The van der Waals surface area contributed by atoms with Crippen LogP contribution < -0.4 is 5.32 Å². The van der Waals surface area contributed by atoms with Crippen LogP contribution in [0.15, 0.2) is 12.1 Å². The van der Waals surface area contributed by atoms with Crippen molar-refractivity contribution in [2.45, 2.75) is 70.4 Å².